The van der Waals surface area contributed by atoms with E-state index in [1.807, 2.05) is 24.3 Å². The molecule has 0 spiro atoms. The second-order valence-corrected chi connectivity index (χ2v) is 6.98. The number of methoxy groups -OCH3 is 1. The molecule has 0 aliphatic rings. The van der Waals surface area contributed by atoms with E-state index < -0.39 is 0 Å². The topological polar surface area (TPSA) is 56.1 Å². The van der Waals surface area contributed by atoms with Crippen LogP contribution in [0.2, 0.25) is 0 Å². The summed E-state index contributed by atoms with van der Waals surface area (Å²) in [6.45, 7) is 3.35. The van der Waals surface area contributed by atoms with Crippen LogP contribution in [0.1, 0.15) is 12.0 Å². The van der Waals surface area contributed by atoms with Crippen LogP contribution >= 0.6 is 11.8 Å². The largest absolute Gasteiger partial charge is 0.385 e. The molecule has 1 N–H and O–H groups in total. The molecule has 136 valence electrons. The van der Waals surface area contributed by atoms with Crippen LogP contribution in [-0.2, 0) is 9.53 Å². The lowest BCUT2D eigenvalue weighted by Gasteiger charge is -2.10. The van der Waals surface area contributed by atoms with Crippen molar-refractivity contribution in [2.24, 2.45) is 0 Å². The predicted octanol–water partition coefficient (Wildman–Crippen LogP) is 3.58. The smallest absolute Gasteiger partial charge is 0.230 e. The van der Waals surface area contributed by atoms with Crippen LogP contribution in [-0.4, -0.2) is 41.5 Å². The third-order valence-corrected chi connectivity index (χ3v) is 4.91. The average molecular weight is 369 g/mol. The fourth-order valence-electron chi connectivity index (χ4n) is 2.74. The SMILES string of the molecule is COCCCNC(=O)CSc1nc2ccccc2n1-c1cccc(C)c1. The first-order valence-electron chi connectivity index (χ1n) is 8.62. The van der Waals surface area contributed by atoms with Gasteiger partial charge in [-0.1, -0.05) is 36.0 Å². The Labute approximate surface area is 157 Å². The molecule has 0 radical (unpaired) electrons. The summed E-state index contributed by atoms with van der Waals surface area (Å²) in [6, 6.07) is 16.3. The Kier molecular flexibility index (Phi) is 6.30. The number of nitrogens with zero attached hydrogens (tertiary/aromatic N) is 2. The standard InChI is InChI=1S/C20H23N3O2S/c1-15-7-5-8-16(13-15)23-18-10-4-3-9-17(18)22-20(23)26-14-19(24)21-11-6-12-25-2/h3-5,7-10,13H,6,11-12,14H2,1-2H3,(H,21,24). The highest BCUT2D eigenvalue weighted by Gasteiger charge is 2.14. The maximum atomic E-state index is 12.1. The maximum Gasteiger partial charge on any atom is 0.230 e. The van der Waals surface area contributed by atoms with Gasteiger partial charge >= 0.3 is 0 Å². The molecule has 0 atom stereocenters. The first kappa shape index (κ1) is 18.5. The summed E-state index contributed by atoms with van der Waals surface area (Å²) in [5.41, 5.74) is 4.21. The molecule has 0 unspecified atom stereocenters. The van der Waals surface area contributed by atoms with Gasteiger partial charge in [0.15, 0.2) is 5.16 Å². The van der Waals surface area contributed by atoms with E-state index in [1.165, 1.54) is 17.3 Å². The third kappa shape index (κ3) is 4.45. The van der Waals surface area contributed by atoms with Crippen molar-refractivity contribution in [1.82, 2.24) is 14.9 Å². The number of amides is 1. The number of carbonyl (C=O) groups excluding carboxylic acids is 1. The van der Waals surface area contributed by atoms with Gasteiger partial charge in [0.05, 0.1) is 16.8 Å². The van der Waals surface area contributed by atoms with Crippen LogP contribution in [0.5, 0.6) is 0 Å². The number of hydrogen-bond donors (Lipinski definition) is 1. The monoisotopic (exact) mass is 369 g/mol. The number of ether oxygens (including phenoxy) is 1. The van der Waals surface area contributed by atoms with Crippen molar-refractivity contribution in [1.29, 1.82) is 0 Å². The van der Waals surface area contributed by atoms with Crippen molar-refractivity contribution in [3.05, 3.63) is 54.1 Å². The molecule has 0 aliphatic carbocycles. The normalized spacial score (nSPS) is 11.0. The number of nitrogens with one attached hydrogen (secondary N) is 1. The molecule has 5 nitrogen and oxygen atoms in total. The summed E-state index contributed by atoms with van der Waals surface area (Å²) in [5, 5.41) is 3.74. The number of imidazole rings is 1. The molecule has 0 saturated carbocycles. The molecule has 0 aliphatic heterocycles. The molecule has 0 saturated heterocycles. The van der Waals surface area contributed by atoms with Gasteiger partial charge in [-0.05, 0) is 43.2 Å². The molecule has 1 aromatic heterocycles. The van der Waals surface area contributed by atoms with E-state index in [9.17, 15) is 4.79 Å². The molecule has 26 heavy (non-hydrogen) atoms. The van der Waals surface area contributed by atoms with Gasteiger partial charge in [0.25, 0.3) is 0 Å². The van der Waals surface area contributed by atoms with Gasteiger partial charge < -0.3 is 10.1 Å². The van der Waals surface area contributed by atoms with Gasteiger partial charge in [-0.25, -0.2) is 4.98 Å². The number of hydrogen-bond acceptors (Lipinski definition) is 4. The average Bonchev–Trinajstić information content (AvgIpc) is 3.02. The number of carbonyl (C=O) groups is 1. The maximum absolute atomic E-state index is 12.1. The summed E-state index contributed by atoms with van der Waals surface area (Å²) in [7, 11) is 1.66. The number of benzene rings is 2. The minimum Gasteiger partial charge on any atom is -0.385 e. The zero-order valence-electron chi connectivity index (χ0n) is 15.1. The number of para-hydroxylation sites is 2. The van der Waals surface area contributed by atoms with Crippen molar-refractivity contribution in [3.8, 4) is 5.69 Å². The van der Waals surface area contributed by atoms with Gasteiger partial charge in [0.2, 0.25) is 5.91 Å². The Hall–Kier alpha value is -2.31. The van der Waals surface area contributed by atoms with Crippen LogP contribution in [0.25, 0.3) is 16.7 Å². The van der Waals surface area contributed by atoms with Crippen LogP contribution in [0.15, 0.2) is 53.7 Å². The van der Waals surface area contributed by atoms with E-state index in [-0.39, 0.29) is 5.91 Å². The molecular formula is C20H23N3O2S. The summed E-state index contributed by atoms with van der Waals surface area (Å²) in [4.78, 5) is 16.8. The number of aryl methyl sites for hydroxylation is 1. The zero-order chi connectivity index (χ0) is 18.4. The fraction of sp³-hybridized carbons (Fsp3) is 0.300. The number of thioether (sulfide) groups is 1. The highest BCUT2D eigenvalue weighted by molar-refractivity contribution is 7.99. The Morgan fingerprint density at radius 1 is 1.23 bits per heavy atom. The first-order chi connectivity index (χ1) is 12.7. The molecule has 3 rings (SSSR count). The van der Waals surface area contributed by atoms with Crippen molar-refractivity contribution >= 4 is 28.7 Å². The highest BCUT2D eigenvalue weighted by atomic mass is 32.2. The molecule has 0 bridgehead atoms. The number of aromatic nitrogens is 2. The Bertz CT molecular complexity index is 892. The summed E-state index contributed by atoms with van der Waals surface area (Å²) >= 11 is 1.45. The number of fused-ring (bicyclic) bond motifs is 1. The van der Waals surface area contributed by atoms with Crippen LogP contribution in [0.3, 0.4) is 0 Å². The fourth-order valence-corrected chi connectivity index (χ4v) is 3.60. The van der Waals surface area contributed by atoms with Crippen LogP contribution in [0, 0.1) is 6.92 Å². The third-order valence-electron chi connectivity index (χ3n) is 3.97. The van der Waals surface area contributed by atoms with Crippen LogP contribution in [0.4, 0.5) is 0 Å². The first-order valence-corrected chi connectivity index (χ1v) is 9.60. The van der Waals surface area contributed by atoms with Gasteiger partial charge in [0, 0.05) is 25.9 Å². The van der Waals surface area contributed by atoms with E-state index in [2.05, 4.69) is 41.1 Å². The van der Waals surface area contributed by atoms with E-state index in [1.54, 1.807) is 7.11 Å². The second-order valence-electron chi connectivity index (χ2n) is 6.04. The lowest BCUT2D eigenvalue weighted by atomic mass is 10.2. The summed E-state index contributed by atoms with van der Waals surface area (Å²) in [5.74, 6) is 0.344. The Morgan fingerprint density at radius 2 is 2.08 bits per heavy atom. The van der Waals surface area contributed by atoms with Gasteiger partial charge in [-0.2, -0.15) is 0 Å². The van der Waals surface area contributed by atoms with E-state index in [0.29, 0.717) is 18.9 Å². The minimum absolute atomic E-state index is 0.00829. The summed E-state index contributed by atoms with van der Waals surface area (Å²) in [6.07, 6.45) is 0.814. The van der Waals surface area contributed by atoms with E-state index in [0.717, 1.165) is 28.3 Å². The minimum atomic E-state index is 0.00829. The molecule has 1 heterocycles. The second kappa shape index (κ2) is 8.87. The molecule has 6 heteroatoms. The molecule has 2 aromatic carbocycles. The van der Waals surface area contributed by atoms with E-state index >= 15 is 0 Å². The van der Waals surface area contributed by atoms with Gasteiger partial charge in [-0.3, -0.25) is 9.36 Å². The molecule has 3 aromatic rings. The highest BCUT2D eigenvalue weighted by Crippen LogP contribution is 2.28. The van der Waals surface area contributed by atoms with Crippen molar-refractivity contribution < 1.29 is 9.53 Å². The quantitative estimate of drug-likeness (QED) is 0.487. The number of rotatable bonds is 8. The van der Waals surface area contributed by atoms with Crippen molar-refractivity contribution in [3.63, 3.8) is 0 Å². The van der Waals surface area contributed by atoms with Gasteiger partial charge in [0.1, 0.15) is 0 Å². The van der Waals surface area contributed by atoms with E-state index in [4.69, 9.17) is 9.72 Å². The summed E-state index contributed by atoms with van der Waals surface area (Å²) < 4.78 is 7.11. The Balaban J connectivity index is 1.80. The molecular weight excluding hydrogens is 346 g/mol. The van der Waals surface area contributed by atoms with Crippen LogP contribution < -0.4 is 5.32 Å². The zero-order valence-corrected chi connectivity index (χ0v) is 15.9. The lowest BCUT2D eigenvalue weighted by molar-refractivity contribution is -0.118. The lowest BCUT2D eigenvalue weighted by Crippen LogP contribution is -2.26. The van der Waals surface area contributed by atoms with Gasteiger partial charge in [-0.15, -0.1) is 0 Å². The van der Waals surface area contributed by atoms with Crippen molar-refractivity contribution in [2.75, 3.05) is 26.0 Å². The Morgan fingerprint density at radius 3 is 2.88 bits per heavy atom. The molecule has 1 amide bonds. The van der Waals surface area contributed by atoms with Crippen molar-refractivity contribution in [2.45, 2.75) is 18.5 Å². The predicted molar refractivity (Wildman–Crippen MR) is 106 cm³/mol. The molecule has 0 fully saturated rings.